The molecule has 1 fully saturated rings. The van der Waals surface area contributed by atoms with Gasteiger partial charge in [-0.1, -0.05) is 17.7 Å². The number of sulfonamides is 1. The van der Waals surface area contributed by atoms with Gasteiger partial charge in [0.25, 0.3) is 0 Å². The Kier molecular flexibility index (Phi) is 8.49. The number of methoxy groups -OCH3 is 2. The number of ether oxygens (including phenoxy) is 3. The third-order valence-corrected chi connectivity index (χ3v) is 8.81. The molecule has 1 aliphatic heterocycles. The van der Waals surface area contributed by atoms with Gasteiger partial charge in [0.2, 0.25) is 15.8 Å². The van der Waals surface area contributed by atoms with Crippen LogP contribution >= 0.6 is 11.6 Å². The molecule has 1 saturated heterocycles. The maximum atomic E-state index is 13.7. The number of nitrogens with zero attached hydrogens (tertiary/aromatic N) is 4. The Balaban J connectivity index is 1.68. The first-order chi connectivity index (χ1) is 18.1. The number of aromatic nitrogens is 2. The lowest BCUT2D eigenvalue weighted by molar-refractivity contribution is 0.295. The molecule has 12 heteroatoms. The van der Waals surface area contributed by atoms with E-state index >= 15 is 0 Å². The fourth-order valence-corrected chi connectivity index (χ4v) is 5.62. The predicted octanol–water partition coefficient (Wildman–Crippen LogP) is 3.34. The van der Waals surface area contributed by atoms with Crippen molar-refractivity contribution in [2.45, 2.75) is 25.7 Å². The highest BCUT2D eigenvalue weighted by atomic mass is 35.5. The smallest absolute Gasteiger partial charge is 0.316 e. The topological polar surface area (TPSA) is 103 Å². The Morgan fingerprint density at radius 3 is 2.24 bits per heavy atom. The first-order valence-corrected chi connectivity index (χ1v) is 14.0. The van der Waals surface area contributed by atoms with Gasteiger partial charge in [-0.2, -0.15) is 14.1 Å². The fourth-order valence-electron chi connectivity index (χ4n) is 4.17. The monoisotopic (exact) mass is 562 g/mol. The number of halogens is 1. The highest BCUT2D eigenvalue weighted by Gasteiger charge is 2.31. The molecule has 204 valence electrons. The van der Waals surface area contributed by atoms with E-state index in [2.05, 4.69) is 5.10 Å². The standard InChI is InChI=1S/C26H31ClN4O6S/c1-18(2)38(33,34)30-10-8-29(9-11-30)24-16-28-31(21-7-5-6-20(27)14-21)26(32)25(24)37-17-19-12-22(35-3)15-23(13-19)36-4/h5-7,12-16,18H,8-11,17H2,1-4H3. The lowest BCUT2D eigenvalue weighted by Crippen LogP contribution is -2.50. The Bertz CT molecular complexity index is 1430. The number of piperazine rings is 1. The van der Waals surface area contributed by atoms with E-state index in [1.54, 1.807) is 76.7 Å². The van der Waals surface area contributed by atoms with Gasteiger partial charge in [-0.15, -0.1) is 0 Å². The molecular weight excluding hydrogens is 532 g/mol. The van der Waals surface area contributed by atoms with E-state index < -0.39 is 20.8 Å². The Labute approximate surface area is 227 Å². The van der Waals surface area contributed by atoms with Gasteiger partial charge < -0.3 is 19.1 Å². The molecular formula is C26H31ClN4O6S. The van der Waals surface area contributed by atoms with Gasteiger partial charge in [0.05, 0.1) is 31.4 Å². The summed E-state index contributed by atoms with van der Waals surface area (Å²) in [5.74, 6) is 1.29. The second kappa shape index (κ2) is 11.6. The molecule has 0 spiro atoms. The van der Waals surface area contributed by atoms with Crippen molar-refractivity contribution in [2.75, 3.05) is 45.3 Å². The Hall–Kier alpha value is -3.28. The molecule has 0 amide bonds. The summed E-state index contributed by atoms with van der Waals surface area (Å²) in [6.07, 6.45) is 1.57. The quantitative estimate of drug-likeness (QED) is 0.391. The Morgan fingerprint density at radius 1 is 1.00 bits per heavy atom. The highest BCUT2D eigenvalue weighted by Crippen LogP contribution is 2.29. The van der Waals surface area contributed by atoms with E-state index in [0.717, 1.165) is 5.56 Å². The van der Waals surface area contributed by atoms with E-state index in [1.807, 2.05) is 4.90 Å². The SMILES string of the molecule is COc1cc(COc2c(N3CCN(S(=O)(=O)C(C)C)CC3)cnn(-c3cccc(Cl)c3)c2=O)cc(OC)c1. The van der Waals surface area contributed by atoms with Crippen LogP contribution in [0.15, 0.2) is 53.5 Å². The van der Waals surface area contributed by atoms with E-state index in [-0.39, 0.29) is 12.4 Å². The van der Waals surface area contributed by atoms with Gasteiger partial charge in [0.15, 0.2) is 0 Å². The molecule has 0 atom stereocenters. The molecule has 0 radical (unpaired) electrons. The van der Waals surface area contributed by atoms with Crippen molar-refractivity contribution in [1.82, 2.24) is 14.1 Å². The van der Waals surface area contributed by atoms with Gasteiger partial charge in [-0.3, -0.25) is 4.79 Å². The molecule has 4 rings (SSSR count). The van der Waals surface area contributed by atoms with Gasteiger partial charge in [0.1, 0.15) is 23.8 Å². The van der Waals surface area contributed by atoms with Gasteiger partial charge in [0, 0.05) is 37.3 Å². The fraction of sp³-hybridized carbons (Fsp3) is 0.385. The second-order valence-corrected chi connectivity index (χ2v) is 12.0. The average molecular weight is 563 g/mol. The largest absolute Gasteiger partial charge is 0.497 e. The maximum Gasteiger partial charge on any atom is 0.316 e. The molecule has 0 N–H and O–H groups in total. The van der Waals surface area contributed by atoms with Crippen LogP contribution in [-0.4, -0.2) is 68.2 Å². The third-order valence-electron chi connectivity index (χ3n) is 6.30. The Morgan fingerprint density at radius 2 is 1.66 bits per heavy atom. The van der Waals surface area contributed by atoms with Crippen molar-refractivity contribution in [1.29, 1.82) is 0 Å². The van der Waals surface area contributed by atoms with Crippen molar-refractivity contribution < 1.29 is 22.6 Å². The summed E-state index contributed by atoms with van der Waals surface area (Å²) in [7, 11) is -0.255. The maximum absolute atomic E-state index is 13.7. The van der Waals surface area contributed by atoms with Crippen LogP contribution in [-0.2, 0) is 16.6 Å². The summed E-state index contributed by atoms with van der Waals surface area (Å²) in [5.41, 5.74) is 1.27. The molecule has 0 bridgehead atoms. The molecule has 2 aromatic carbocycles. The number of hydrogen-bond acceptors (Lipinski definition) is 8. The van der Waals surface area contributed by atoms with Crippen molar-refractivity contribution in [3.05, 3.63) is 69.6 Å². The van der Waals surface area contributed by atoms with Crippen LogP contribution in [0.1, 0.15) is 19.4 Å². The lowest BCUT2D eigenvalue weighted by Gasteiger charge is -2.36. The minimum absolute atomic E-state index is 0.0665. The minimum atomic E-state index is -3.37. The normalized spacial score (nSPS) is 14.5. The number of hydrogen-bond donors (Lipinski definition) is 0. The molecule has 1 aliphatic rings. The van der Waals surface area contributed by atoms with Crippen molar-refractivity contribution >= 4 is 27.3 Å². The lowest BCUT2D eigenvalue weighted by atomic mass is 10.2. The molecule has 38 heavy (non-hydrogen) atoms. The van der Waals surface area contributed by atoms with Gasteiger partial charge >= 0.3 is 5.56 Å². The summed E-state index contributed by atoms with van der Waals surface area (Å²) in [6, 6.07) is 12.2. The molecule has 0 aliphatic carbocycles. The van der Waals surface area contributed by atoms with Gasteiger partial charge in [-0.25, -0.2) is 8.42 Å². The van der Waals surface area contributed by atoms with E-state index in [9.17, 15) is 13.2 Å². The van der Waals surface area contributed by atoms with Gasteiger partial charge in [-0.05, 0) is 49.7 Å². The molecule has 10 nitrogen and oxygen atoms in total. The zero-order valence-corrected chi connectivity index (χ0v) is 23.3. The third kappa shape index (κ3) is 5.90. The predicted molar refractivity (Wildman–Crippen MR) is 147 cm³/mol. The minimum Gasteiger partial charge on any atom is -0.497 e. The van der Waals surface area contributed by atoms with E-state index in [0.29, 0.717) is 54.1 Å². The summed E-state index contributed by atoms with van der Waals surface area (Å²) in [6.45, 7) is 4.77. The van der Waals surface area contributed by atoms with E-state index in [4.69, 9.17) is 25.8 Å². The van der Waals surface area contributed by atoms with Crippen molar-refractivity contribution in [2.24, 2.45) is 0 Å². The zero-order chi connectivity index (χ0) is 27.4. The van der Waals surface area contributed by atoms with Crippen LogP contribution in [0.5, 0.6) is 17.2 Å². The summed E-state index contributed by atoms with van der Waals surface area (Å²) < 4.78 is 44.8. The molecule has 0 saturated carbocycles. The summed E-state index contributed by atoms with van der Waals surface area (Å²) in [5, 5.41) is 4.35. The van der Waals surface area contributed by atoms with E-state index in [1.165, 1.54) is 8.99 Å². The van der Waals surface area contributed by atoms with Crippen LogP contribution in [0, 0.1) is 0 Å². The molecule has 0 unspecified atom stereocenters. The highest BCUT2D eigenvalue weighted by molar-refractivity contribution is 7.89. The van der Waals surface area contributed by atoms with Crippen LogP contribution < -0.4 is 24.7 Å². The van der Waals surface area contributed by atoms with Crippen LogP contribution in [0.4, 0.5) is 5.69 Å². The first-order valence-electron chi connectivity index (χ1n) is 12.1. The van der Waals surface area contributed by atoms with Crippen molar-refractivity contribution in [3.8, 4) is 22.9 Å². The number of benzene rings is 2. The molecule has 3 aromatic rings. The second-order valence-electron chi connectivity index (χ2n) is 9.05. The van der Waals surface area contributed by atoms with Crippen LogP contribution in [0.3, 0.4) is 0 Å². The molecule has 2 heterocycles. The van der Waals surface area contributed by atoms with Crippen LogP contribution in [0.2, 0.25) is 5.02 Å². The zero-order valence-electron chi connectivity index (χ0n) is 21.8. The van der Waals surface area contributed by atoms with Crippen molar-refractivity contribution in [3.63, 3.8) is 0 Å². The average Bonchev–Trinajstić information content (AvgIpc) is 2.91. The summed E-state index contributed by atoms with van der Waals surface area (Å²) in [4.78, 5) is 15.6. The summed E-state index contributed by atoms with van der Waals surface area (Å²) >= 11 is 6.15. The first kappa shape index (κ1) is 27.7. The van der Waals surface area contributed by atoms with Crippen LogP contribution in [0.25, 0.3) is 5.69 Å². The molecule has 1 aromatic heterocycles. The number of rotatable bonds is 9. The number of anilines is 1.